The van der Waals surface area contributed by atoms with Crippen LogP contribution in [0.3, 0.4) is 0 Å². The Morgan fingerprint density at radius 3 is 2.67 bits per heavy atom. The fourth-order valence-corrected chi connectivity index (χ4v) is 4.12. The van der Waals surface area contributed by atoms with Gasteiger partial charge < -0.3 is 20.5 Å². The quantitative estimate of drug-likeness (QED) is 0.675. The number of ether oxygens (including phenoxy) is 2. The summed E-state index contributed by atoms with van der Waals surface area (Å²) in [6.07, 6.45) is -1.25. The standard InChI is InChI=1S/C22H24F3N5O3/c1-20(26,19(31)30-21(6-7-21)22(23,24)25)17-14-3-2-4-15(14)28-18(29-17)16-9-12(5-8-27-16)33-13-10-32-11-13/h5,8-9,13H,2-4,6-7,10-11,26H2,1H3,(H,30,31). The molecule has 2 aromatic rings. The molecule has 1 unspecified atom stereocenters. The monoisotopic (exact) mass is 463 g/mol. The van der Waals surface area contributed by atoms with Crippen molar-refractivity contribution in [2.24, 2.45) is 5.73 Å². The van der Waals surface area contributed by atoms with Crippen LogP contribution in [0.15, 0.2) is 18.3 Å². The Labute approximate surface area is 188 Å². The number of pyridine rings is 1. The fourth-order valence-electron chi connectivity index (χ4n) is 4.12. The van der Waals surface area contributed by atoms with E-state index < -0.39 is 23.2 Å². The molecular formula is C22H24F3N5O3. The number of alkyl halides is 3. The number of hydrogen-bond donors (Lipinski definition) is 2. The molecule has 11 heteroatoms. The molecule has 8 nitrogen and oxygen atoms in total. The minimum atomic E-state index is -4.53. The molecular weight excluding hydrogens is 439 g/mol. The lowest BCUT2D eigenvalue weighted by Crippen LogP contribution is -2.57. The molecule has 3 N–H and O–H groups in total. The second-order valence-corrected chi connectivity index (χ2v) is 9.07. The van der Waals surface area contributed by atoms with Gasteiger partial charge in [-0.15, -0.1) is 0 Å². The Hall–Kier alpha value is -2.79. The number of nitrogens with zero attached hydrogens (tertiary/aromatic N) is 3. The van der Waals surface area contributed by atoms with Gasteiger partial charge in [-0.05, 0) is 50.7 Å². The summed E-state index contributed by atoms with van der Waals surface area (Å²) in [6.45, 7) is 2.41. The molecule has 0 aromatic carbocycles. The molecule has 3 heterocycles. The Kier molecular flexibility index (Phi) is 5.09. The lowest BCUT2D eigenvalue weighted by molar-refractivity contribution is -0.171. The number of carbonyl (C=O) groups excluding carboxylic acids is 1. The number of nitrogens with two attached hydrogens (primary N) is 1. The first-order valence-corrected chi connectivity index (χ1v) is 10.9. The van der Waals surface area contributed by atoms with Crippen LogP contribution in [-0.4, -0.2) is 51.9 Å². The molecule has 176 valence electrons. The molecule has 0 radical (unpaired) electrons. The van der Waals surface area contributed by atoms with E-state index in [2.05, 4.69) is 20.3 Å². The van der Waals surface area contributed by atoms with Gasteiger partial charge in [-0.2, -0.15) is 13.2 Å². The zero-order valence-electron chi connectivity index (χ0n) is 18.0. The molecule has 1 atom stereocenters. The zero-order valence-corrected chi connectivity index (χ0v) is 18.0. The van der Waals surface area contributed by atoms with Crippen molar-refractivity contribution in [1.82, 2.24) is 20.3 Å². The van der Waals surface area contributed by atoms with Crippen molar-refractivity contribution in [2.45, 2.75) is 62.4 Å². The highest BCUT2D eigenvalue weighted by atomic mass is 19.4. The van der Waals surface area contributed by atoms with Gasteiger partial charge in [0, 0.05) is 18.0 Å². The molecule has 1 saturated carbocycles. The lowest BCUT2D eigenvalue weighted by atomic mass is 9.92. The number of nitrogens with one attached hydrogen (secondary N) is 1. The van der Waals surface area contributed by atoms with E-state index >= 15 is 0 Å². The molecule has 2 fully saturated rings. The maximum Gasteiger partial charge on any atom is 0.411 e. The van der Waals surface area contributed by atoms with Gasteiger partial charge in [0.05, 0.1) is 18.9 Å². The summed E-state index contributed by atoms with van der Waals surface area (Å²) in [5.41, 5.74) is 4.50. The maximum atomic E-state index is 13.4. The number of halogens is 3. The molecule has 33 heavy (non-hydrogen) atoms. The van der Waals surface area contributed by atoms with Crippen LogP contribution >= 0.6 is 0 Å². The van der Waals surface area contributed by atoms with Gasteiger partial charge >= 0.3 is 6.18 Å². The highest BCUT2D eigenvalue weighted by molar-refractivity contribution is 5.88. The van der Waals surface area contributed by atoms with E-state index in [9.17, 15) is 18.0 Å². The van der Waals surface area contributed by atoms with Crippen LogP contribution in [0, 0.1) is 0 Å². The van der Waals surface area contributed by atoms with Crippen LogP contribution < -0.4 is 15.8 Å². The van der Waals surface area contributed by atoms with Crippen molar-refractivity contribution in [3.8, 4) is 17.3 Å². The lowest BCUT2D eigenvalue weighted by Gasteiger charge is -2.29. The summed E-state index contributed by atoms with van der Waals surface area (Å²) in [5.74, 6) is -0.0819. The van der Waals surface area contributed by atoms with E-state index in [1.807, 2.05) is 0 Å². The first-order chi connectivity index (χ1) is 15.6. The highest BCUT2D eigenvalue weighted by Crippen LogP contribution is 2.49. The normalized spacial score (nSPS) is 21.0. The Balaban J connectivity index is 1.48. The summed E-state index contributed by atoms with van der Waals surface area (Å²) in [6, 6.07) is 3.40. The summed E-state index contributed by atoms with van der Waals surface area (Å²) in [4.78, 5) is 26.5. The van der Waals surface area contributed by atoms with Gasteiger partial charge in [0.1, 0.15) is 28.6 Å². The Bertz CT molecular complexity index is 1100. The average Bonchev–Trinajstić information content (AvgIpc) is 3.38. The molecule has 5 rings (SSSR count). The van der Waals surface area contributed by atoms with E-state index in [4.69, 9.17) is 15.2 Å². The first-order valence-electron chi connectivity index (χ1n) is 10.9. The average molecular weight is 463 g/mol. The molecule has 2 aliphatic carbocycles. The van der Waals surface area contributed by atoms with Crippen LogP contribution in [0.25, 0.3) is 11.5 Å². The molecule has 3 aliphatic rings. The molecule has 1 aliphatic heterocycles. The van der Waals surface area contributed by atoms with E-state index in [-0.39, 0.29) is 30.5 Å². The Morgan fingerprint density at radius 2 is 2.03 bits per heavy atom. The van der Waals surface area contributed by atoms with E-state index in [0.29, 0.717) is 37.5 Å². The Morgan fingerprint density at radius 1 is 1.27 bits per heavy atom. The van der Waals surface area contributed by atoms with E-state index in [0.717, 1.165) is 17.7 Å². The minimum absolute atomic E-state index is 0.0313. The number of hydrogen-bond acceptors (Lipinski definition) is 7. The van der Waals surface area contributed by atoms with Gasteiger partial charge in [-0.25, -0.2) is 9.97 Å². The fraction of sp³-hybridized carbons (Fsp3) is 0.545. The van der Waals surface area contributed by atoms with Crippen LogP contribution in [0.5, 0.6) is 5.75 Å². The van der Waals surface area contributed by atoms with Crippen LogP contribution in [-0.2, 0) is 27.9 Å². The second kappa shape index (κ2) is 7.63. The summed E-state index contributed by atoms with van der Waals surface area (Å²) >= 11 is 0. The number of amides is 1. The van der Waals surface area contributed by atoms with Crippen LogP contribution in [0.4, 0.5) is 13.2 Å². The smallest absolute Gasteiger partial charge is 0.411 e. The van der Waals surface area contributed by atoms with Crippen molar-refractivity contribution in [3.05, 3.63) is 35.3 Å². The van der Waals surface area contributed by atoms with Crippen molar-refractivity contribution in [2.75, 3.05) is 13.2 Å². The first kappa shape index (κ1) is 22.0. The number of carbonyl (C=O) groups is 1. The number of aryl methyl sites for hydroxylation is 1. The largest absolute Gasteiger partial charge is 0.485 e. The topological polar surface area (TPSA) is 112 Å². The zero-order chi connectivity index (χ0) is 23.4. The summed E-state index contributed by atoms with van der Waals surface area (Å²) in [5, 5.41) is 2.14. The van der Waals surface area contributed by atoms with E-state index in [1.54, 1.807) is 18.3 Å². The van der Waals surface area contributed by atoms with Crippen LogP contribution in [0.1, 0.15) is 43.1 Å². The number of aromatic nitrogens is 3. The van der Waals surface area contributed by atoms with Crippen molar-refractivity contribution in [3.63, 3.8) is 0 Å². The second-order valence-electron chi connectivity index (χ2n) is 9.07. The molecule has 1 saturated heterocycles. The van der Waals surface area contributed by atoms with Crippen molar-refractivity contribution < 1.29 is 27.4 Å². The molecule has 0 spiro atoms. The molecule has 2 aromatic heterocycles. The van der Waals surface area contributed by atoms with Crippen molar-refractivity contribution >= 4 is 5.91 Å². The van der Waals surface area contributed by atoms with Gasteiger partial charge in [0.15, 0.2) is 5.82 Å². The summed E-state index contributed by atoms with van der Waals surface area (Å²) < 4.78 is 51.1. The summed E-state index contributed by atoms with van der Waals surface area (Å²) in [7, 11) is 0. The van der Waals surface area contributed by atoms with Gasteiger partial charge in [-0.1, -0.05) is 0 Å². The van der Waals surface area contributed by atoms with Crippen molar-refractivity contribution in [1.29, 1.82) is 0 Å². The SMILES string of the molecule is CC(N)(C(=O)NC1(C(F)(F)F)CC1)c1nc(-c2cc(OC3COC3)ccn2)nc2c1CCC2. The van der Waals surface area contributed by atoms with E-state index in [1.165, 1.54) is 6.92 Å². The number of rotatable bonds is 6. The molecule has 1 amide bonds. The highest BCUT2D eigenvalue weighted by Gasteiger charge is 2.65. The third kappa shape index (κ3) is 3.93. The van der Waals surface area contributed by atoms with Crippen LogP contribution in [0.2, 0.25) is 0 Å². The van der Waals surface area contributed by atoms with Gasteiger partial charge in [0.2, 0.25) is 5.91 Å². The predicted molar refractivity (Wildman–Crippen MR) is 110 cm³/mol. The third-order valence-electron chi connectivity index (χ3n) is 6.41. The third-order valence-corrected chi connectivity index (χ3v) is 6.41. The predicted octanol–water partition coefficient (Wildman–Crippen LogP) is 2.19. The van der Waals surface area contributed by atoms with Gasteiger partial charge in [0.25, 0.3) is 0 Å². The molecule has 0 bridgehead atoms. The van der Waals surface area contributed by atoms with Gasteiger partial charge in [-0.3, -0.25) is 9.78 Å². The number of fused-ring (bicyclic) bond motifs is 1. The maximum absolute atomic E-state index is 13.4. The minimum Gasteiger partial charge on any atom is -0.485 e.